The van der Waals surface area contributed by atoms with Crippen molar-refractivity contribution in [1.82, 2.24) is 4.31 Å². The van der Waals surface area contributed by atoms with Crippen LogP contribution in [-0.2, 0) is 19.6 Å². The number of hydrogen-bond acceptors (Lipinski definition) is 5. The van der Waals surface area contributed by atoms with Crippen LogP contribution in [0.1, 0.15) is 18.9 Å². The first-order valence-electron chi connectivity index (χ1n) is 6.59. The summed E-state index contributed by atoms with van der Waals surface area (Å²) < 4.78 is 31.0. The minimum atomic E-state index is -3.86. The topological polar surface area (TPSA) is 83.9 Å². The third-order valence-corrected chi connectivity index (χ3v) is 5.65. The van der Waals surface area contributed by atoms with E-state index < -0.39 is 27.6 Å². The molecule has 21 heavy (non-hydrogen) atoms. The monoisotopic (exact) mass is 313 g/mol. The molecular formula is C14H19NO5S. The lowest BCUT2D eigenvalue weighted by atomic mass is 9.98. The molecule has 0 spiro atoms. The van der Waals surface area contributed by atoms with Gasteiger partial charge in [-0.3, -0.25) is 4.79 Å². The Balaban J connectivity index is 2.44. The second kappa shape index (κ2) is 5.40. The summed E-state index contributed by atoms with van der Waals surface area (Å²) in [6, 6.07) is 5.13. The van der Waals surface area contributed by atoms with Crippen LogP contribution in [0.25, 0.3) is 0 Å². The molecule has 1 aromatic rings. The summed E-state index contributed by atoms with van der Waals surface area (Å²) in [5, 5.41) is 10.3. The molecule has 0 aromatic heterocycles. The fourth-order valence-corrected chi connectivity index (χ4v) is 4.17. The van der Waals surface area contributed by atoms with Gasteiger partial charge in [-0.25, -0.2) is 8.42 Å². The van der Waals surface area contributed by atoms with Crippen LogP contribution in [-0.4, -0.2) is 49.1 Å². The van der Waals surface area contributed by atoms with E-state index >= 15 is 0 Å². The van der Waals surface area contributed by atoms with E-state index in [1.807, 2.05) is 6.92 Å². The lowest BCUT2D eigenvalue weighted by Crippen LogP contribution is -2.50. The SMILES string of the molecule is COC(=O)C1N(S(=O)(=O)c2ccc(C)cc2)CCC1(C)O. The molecule has 2 unspecified atom stereocenters. The minimum absolute atomic E-state index is 0.0724. The number of carbonyl (C=O) groups is 1. The van der Waals surface area contributed by atoms with Gasteiger partial charge in [0.2, 0.25) is 10.0 Å². The number of rotatable bonds is 3. The summed E-state index contributed by atoms with van der Waals surface area (Å²) in [7, 11) is -2.68. The zero-order valence-corrected chi connectivity index (χ0v) is 13.1. The quantitative estimate of drug-likeness (QED) is 0.830. The standard InChI is InChI=1S/C14H19NO5S/c1-10-4-6-11(7-5-10)21(18,19)15-9-8-14(2,17)12(15)13(16)20-3/h4-7,12,17H,8-9H2,1-3H3. The van der Waals surface area contributed by atoms with E-state index in [0.717, 1.165) is 9.87 Å². The highest BCUT2D eigenvalue weighted by Crippen LogP contribution is 2.33. The summed E-state index contributed by atoms with van der Waals surface area (Å²) >= 11 is 0. The normalized spacial score (nSPS) is 26.8. The number of nitrogens with zero attached hydrogens (tertiary/aromatic N) is 1. The van der Waals surface area contributed by atoms with Crippen molar-refractivity contribution in [3.8, 4) is 0 Å². The van der Waals surface area contributed by atoms with E-state index in [4.69, 9.17) is 0 Å². The Bertz CT molecular complexity index is 636. The van der Waals surface area contributed by atoms with Crippen LogP contribution in [0.15, 0.2) is 29.2 Å². The Hall–Kier alpha value is -1.44. The Kier molecular flexibility index (Phi) is 4.10. The molecule has 1 saturated heterocycles. The van der Waals surface area contributed by atoms with Crippen molar-refractivity contribution in [3.63, 3.8) is 0 Å². The summed E-state index contributed by atoms with van der Waals surface area (Å²) in [6.45, 7) is 3.37. The van der Waals surface area contributed by atoms with E-state index in [9.17, 15) is 18.3 Å². The van der Waals surface area contributed by atoms with Crippen LogP contribution in [0, 0.1) is 6.92 Å². The van der Waals surface area contributed by atoms with Crippen LogP contribution < -0.4 is 0 Å². The molecule has 7 heteroatoms. The largest absolute Gasteiger partial charge is 0.468 e. The van der Waals surface area contributed by atoms with Crippen molar-refractivity contribution in [3.05, 3.63) is 29.8 Å². The molecule has 0 aliphatic carbocycles. The summed E-state index contributed by atoms with van der Waals surface area (Å²) in [5.74, 6) is -0.756. The van der Waals surface area contributed by atoms with Gasteiger partial charge in [-0.15, -0.1) is 0 Å². The molecule has 1 fully saturated rings. The van der Waals surface area contributed by atoms with Gasteiger partial charge in [-0.1, -0.05) is 17.7 Å². The Morgan fingerprint density at radius 2 is 1.95 bits per heavy atom. The first kappa shape index (κ1) is 15.9. The van der Waals surface area contributed by atoms with Gasteiger partial charge in [-0.05, 0) is 32.4 Å². The highest BCUT2D eigenvalue weighted by Gasteiger charge is 2.52. The second-order valence-corrected chi connectivity index (χ2v) is 7.35. The lowest BCUT2D eigenvalue weighted by Gasteiger charge is -2.28. The van der Waals surface area contributed by atoms with Crippen LogP contribution in [0.3, 0.4) is 0 Å². The van der Waals surface area contributed by atoms with Crippen LogP contribution >= 0.6 is 0 Å². The molecule has 0 radical (unpaired) electrons. The number of carbonyl (C=O) groups excluding carboxylic acids is 1. The van der Waals surface area contributed by atoms with E-state index in [0.29, 0.717) is 0 Å². The Labute approximate surface area is 124 Å². The van der Waals surface area contributed by atoms with E-state index in [1.165, 1.54) is 26.2 Å². The molecule has 0 bridgehead atoms. The van der Waals surface area contributed by atoms with E-state index in [-0.39, 0.29) is 17.9 Å². The van der Waals surface area contributed by atoms with Crippen molar-refractivity contribution in [2.45, 2.75) is 36.8 Å². The number of benzene rings is 1. The highest BCUT2D eigenvalue weighted by molar-refractivity contribution is 7.89. The van der Waals surface area contributed by atoms with E-state index in [2.05, 4.69) is 4.74 Å². The van der Waals surface area contributed by atoms with Crippen molar-refractivity contribution in [2.24, 2.45) is 0 Å². The predicted molar refractivity (Wildman–Crippen MR) is 76.1 cm³/mol. The average molecular weight is 313 g/mol. The molecule has 1 aliphatic rings. The number of sulfonamides is 1. The zero-order chi connectivity index (χ0) is 15.8. The number of ether oxygens (including phenoxy) is 1. The Morgan fingerprint density at radius 3 is 2.48 bits per heavy atom. The molecule has 1 N–H and O–H groups in total. The fourth-order valence-electron chi connectivity index (χ4n) is 2.50. The molecule has 0 saturated carbocycles. The number of aliphatic hydroxyl groups is 1. The molecule has 1 aromatic carbocycles. The maximum absolute atomic E-state index is 12.7. The molecule has 2 atom stereocenters. The lowest BCUT2D eigenvalue weighted by molar-refractivity contribution is -0.150. The van der Waals surface area contributed by atoms with Crippen LogP contribution in [0.2, 0.25) is 0 Å². The highest BCUT2D eigenvalue weighted by atomic mass is 32.2. The van der Waals surface area contributed by atoms with E-state index in [1.54, 1.807) is 12.1 Å². The summed E-state index contributed by atoms with van der Waals surface area (Å²) in [4.78, 5) is 12.0. The predicted octanol–water partition coefficient (Wildman–Crippen LogP) is 0.682. The van der Waals surface area contributed by atoms with Crippen LogP contribution in [0.5, 0.6) is 0 Å². The molecule has 0 amide bonds. The summed E-state index contributed by atoms with van der Waals surface area (Å²) in [5.41, 5.74) is -0.503. The van der Waals surface area contributed by atoms with Gasteiger partial charge in [0.15, 0.2) is 6.04 Å². The van der Waals surface area contributed by atoms with Crippen molar-refractivity contribution < 1.29 is 23.1 Å². The molecule has 1 heterocycles. The average Bonchev–Trinajstić information content (AvgIpc) is 2.74. The van der Waals surface area contributed by atoms with Gasteiger partial charge in [0.25, 0.3) is 0 Å². The second-order valence-electron chi connectivity index (χ2n) is 5.46. The number of aryl methyl sites for hydroxylation is 1. The Morgan fingerprint density at radius 1 is 1.38 bits per heavy atom. The zero-order valence-electron chi connectivity index (χ0n) is 12.2. The minimum Gasteiger partial charge on any atom is -0.468 e. The molecule has 2 rings (SSSR count). The molecule has 116 valence electrons. The first-order chi connectivity index (χ1) is 9.70. The van der Waals surface area contributed by atoms with Crippen molar-refractivity contribution >= 4 is 16.0 Å². The third kappa shape index (κ3) is 2.81. The summed E-state index contributed by atoms with van der Waals surface area (Å²) in [6.07, 6.45) is 0.178. The van der Waals surface area contributed by atoms with Crippen molar-refractivity contribution in [2.75, 3.05) is 13.7 Å². The fraction of sp³-hybridized carbons (Fsp3) is 0.500. The maximum atomic E-state index is 12.7. The molecular weight excluding hydrogens is 294 g/mol. The van der Waals surface area contributed by atoms with Gasteiger partial charge in [0.05, 0.1) is 17.6 Å². The van der Waals surface area contributed by atoms with Gasteiger partial charge >= 0.3 is 5.97 Å². The van der Waals surface area contributed by atoms with Gasteiger partial charge in [0.1, 0.15) is 0 Å². The number of hydrogen-bond donors (Lipinski definition) is 1. The van der Waals surface area contributed by atoms with Gasteiger partial charge < -0.3 is 9.84 Å². The van der Waals surface area contributed by atoms with Crippen molar-refractivity contribution in [1.29, 1.82) is 0 Å². The maximum Gasteiger partial charge on any atom is 0.327 e. The first-order valence-corrected chi connectivity index (χ1v) is 8.03. The van der Waals surface area contributed by atoms with Crippen LogP contribution in [0.4, 0.5) is 0 Å². The van der Waals surface area contributed by atoms with Gasteiger partial charge in [-0.2, -0.15) is 4.31 Å². The van der Waals surface area contributed by atoms with Gasteiger partial charge in [0, 0.05) is 6.54 Å². The molecule has 1 aliphatic heterocycles. The third-order valence-electron chi connectivity index (χ3n) is 3.77. The number of esters is 1. The number of methoxy groups -OCH3 is 1. The molecule has 6 nitrogen and oxygen atoms in total. The smallest absolute Gasteiger partial charge is 0.327 e.